The molecule has 4 rings (SSSR count). The topological polar surface area (TPSA) is 87.7 Å². The molecule has 3 aromatic rings. The van der Waals surface area contributed by atoms with Crippen LogP contribution in [0.2, 0.25) is 0 Å². The average Bonchev–Trinajstić information content (AvgIpc) is 3.04. The number of amides is 1. The second-order valence-corrected chi connectivity index (χ2v) is 11.1. The molecule has 1 saturated heterocycles. The Morgan fingerprint density at radius 2 is 1.85 bits per heavy atom. The maximum absolute atomic E-state index is 15.9. The minimum atomic E-state index is -4.23. The number of halogens is 1. The van der Waals surface area contributed by atoms with Gasteiger partial charge in [0.15, 0.2) is 5.82 Å². The van der Waals surface area contributed by atoms with Crippen LogP contribution in [0, 0.1) is 11.2 Å². The molecule has 1 heterocycles. The summed E-state index contributed by atoms with van der Waals surface area (Å²) in [6.07, 6.45) is 0.921. The largest absolute Gasteiger partial charge is 0.487 e. The van der Waals surface area contributed by atoms with Crippen LogP contribution in [0.1, 0.15) is 32.8 Å². The number of carbonyl (C=O) groups is 1. The summed E-state index contributed by atoms with van der Waals surface area (Å²) in [4.78, 5) is 11.9. The molecule has 1 fully saturated rings. The van der Waals surface area contributed by atoms with Crippen LogP contribution in [0.15, 0.2) is 54.6 Å². The van der Waals surface area contributed by atoms with E-state index in [1.165, 1.54) is 0 Å². The van der Waals surface area contributed by atoms with E-state index >= 15 is 4.39 Å². The average molecular weight is 486 g/mol. The normalized spacial score (nSPS) is 15.4. The van der Waals surface area contributed by atoms with Gasteiger partial charge < -0.3 is 10.1 Å². The van der Waals surface area contributed by atoms with E-state index in [1.807, 2.05) is 41.1 Å². The molecule has 9 heteroatoms. The van der Waals surface area contributed by atoms with Gasteiger partial charge in [-0.1, -0.05) is 57.2 Å². The molecule has 0 radical (unpaired) electrons. The van der Waals surface area contributed by atoms with Crippen LogP contribution in [0.3, 0.4) is 0 Å². The van der Waals surface area contributed by atoms with Crippen LogP contribution in [0.4, 0.5) is 15.8 Å². The van der Waals surface area contributed by atoms with E-state index in [9.17, 15) is 13.2 Å². The van der Waals surface area contributed by atoms with Gasteiger partial charge in [-0.05, 0) is 41.0 Å². The van der Waals surface area contributed by atoms with Gasteiger partial charge in [0, 0.05) is 17.6 Å². The first-order chi connectivity index (χ1) is 16.0. The monoisotopic (exact) mass is 485 g/mol. The van der Waals surface area contributed by atoms with E-state index in [4.69, 9.17) is 4.74 Å². The second-order valence-electron chi connectivity index (χ2n) is 9.52. The number of fused-ring (bicyclic) bond motifs is 1. The number of ether oxygens (including phenoxy) is 1. The van der Waals surface area contributed by atoms with Gasteiger partial charge in [-0.25, -0.2) is 13.4 Å². The van der Waals surface area contributed by atoms with Crippen molar-refractivity contribution >= 4 is 38.3 Å². The Morgan fingerprint density at radius 3 is 2.50 bits per heavy atom. The number of carbonyl (C=O) groups excluding carboxylic acids is 1. The zero-order valence-electron chi connectivity index (χ0n) is 19.4. The Labute approximate surface area is 199 Å². The van der Waals surface area contributed by atoms with E-state index in [-0.39, 0.29) is 28.8 Å². The Kier molecular flexibility index (Phi) is 6.40. The van der Waals surface area contributed by atoms with Crippen molar-refractivity contribution in [2.75, 3.05) is 22.7 Å². The third-order valence-corrected chi connectivity index (χ3v) is 6.91. The van der Waals surface area contributed by atoms with Crippen molar-refractivity contribution in [1.82, 2.24) is 4.72 Å². The predicted octanol–water partition coefficient (Wildman–Crippen LogP) is 4.59. The molecule has 180 valence electrons. The molecule has 0 saturated carbocycles. The van der Waals surface area contributed by atoms with Crippen LogP contribution >= 0.6 is 0 Å². The van der Waals surface area contributed by atoms with E-state index in [0.717, 1.165) is 22.0 Å². The van der Waals surface area contributed by atoms with Crippen LogP contribution in [-0.4, -0.2) is 27.4 Å². The molecular formula is C25H28FN3O4S. The molecule has 0 atom stereocenters. The van der Waals surface area contributed by atoms with Gasteiger partial charge in [-0.15, -0.1) is 0 Å². The second kappa shape index (κ2) is 9.13. The summed E-state index contributed by atoms with van der Waals surface area (Å²) in [6.45, 7) is 6.73. The van der Waals surface area contributed by atoms with Gasteiger partial charge in [0.1, 0.15) is 24.6 Å². The molecule has 0 aromatic heterocycles. The molecule has 2 N–H and O–H groups in total. The number of anilines is 2. The Morgan fingerprint density at radius 1 is 1.12 bits per heavy atom. The molecule has 0 bridgehead atoms. The van der Waals surface area contributed by atoms with E-state index in [0.29, 0.717) is 11.9 Å². The third-order valence-electron chi connectivity index (χ3n) is 5.53. The first kappa shape index (κ1) is 23.8. The quantitative estimate of drug-likeness (QED) is 0.511. The van der Waals surface area contributed by atoms with Crippen molar-refractivity contribution in [2.45, 2.75) is 33.8 Å². The van der Waals surface area contributed by atoms with Crippen molar-refractivity contribution in [3.8, 4) is 5.75 Å². The Hall–Kier alpha value is -3.33. The predicted molar refractivity (Wildman–Crippen MR) is 132 cm³/mol. The number of benzene rings is 3. The molecule has 1 aliphatic rings. The number of rotatable bonds is 7. The highest BCUT2D eigenvalue weighted by molar-refractivity contribution is 7.92. The number of nitrogens with one attached hydrogen (secondary N) is 2. The van der Waals surface area contributed by atoms with Crippen LogP contribution in [-0.2, 0) is 21.6 Å². The molecule has 0 aliphatic carbocycles. The van der Waals surface area contributed by atoms with E-state index in [1.54, 1.807) is 18.2 Å². The molecule has 0 spiro atoms. The highest BCUT2D eigenvalue weighted by Gasteiger charge is 2.38. The van der Waals surface area contributed by atoms with E-state index < -0.39 is 28.5 Å². The SMILES string of the molecule is CC(C)(C)CCNc1ccc2cc(OCc3ccccc3)c(N3CC(=O)NS3(=O)=O)c(F)c2c1. The molecule has 0 unspecified atom stereocenters. The lowest BCUT2D eigenvalue weighted by atomic mass is 9.92. The minimum absolute atomic E-state index is 0.0439. The van der Waals surface area contributed by atoms with Crippen molar-refractivity contribution < 1.29 is 22.3 Å². The minimum Gasteiger partial charge on any atom is -0.487 e. The van der Waals surface area contributed by atoms with Gasteiger partial charge in [0.25, 0.3) is 5.91 Å². The first-order valence-electron chi connectivity index (χ1n) is 11.0. The standard InChI is InChI=1S/C25H28FN3O4S/c1-25(2,3)11-12-27-19-10-9-18-13-21(33-16-17-7-5-4-6-8-17)24(23(26)20(18)14-19)29-15-22(30)28-34(29,31)32/h4-10,13-14,27H,11-12,15-16H2,1-3H3,(H,28,30). The summed E-state index contributed by atoms with van der Waals surface area (Å²) in [7, 11) is -4.23. The lowest BCUT2D eigenvalue weighted by Crippen LogP contribution is -2.30. The summed E-state index contributed by atoms with van der Waals surface area (Å²) < 4.78 is 49.5. The summed E-state index contributed by atoms with van der Waals surface area (Å²) in [5.74, 6) is -1.45. The van der Waals surface area contributed by atoms with Gasteiger partial charge in [0.2, 0.25) is 0 Å². The van der Waals surface area contributed by atoms with Crippen molar-refractivity contribution in [3.63, 3.8) is 0 Å². The fourth-order valence-electron chi connectivity index (χ4n) is 3.73. The molecule has 1 aliphatic heterocycles. The van der Waals surface area contributed by atoms with Gasteiger partial charge in [0.05, 0.1) is 0 Å². The van der Waals surface area contributed by atoms with E-state index in [2.05, 4.69) is 26.1 Å². The van der Waals surface area contributed by atoms with Gasteiger partial charge in [-0.3, -0.25) is 4.79 Å². The Bertz CT molecular complexity index is 1320. The van der Waals surface area contributed by atoms with Crippen molar-refractivity contribution in [2.24, 2.45) is 5.41 Å². The highest BCUT2D eigenvalue weighted by atomic mass is 32.2. The molecule has 3 aromatic carbocycles. The maximum atomic E-state index is 15.9. The number of hydrogen-bond acceptors (Lipinski definition) is 5. The zero-order valence-corrected chi connectivity index (χ0v) is 20.2. The smallest absolute Gasteiger partial charge is 0.326 e. The van der Waals surface area contributed by atoms with Gasteiger partial charge in [-0.2, -0.15) is 8.42 Å². The summed E-state index contributed by atoms with van der Waals surface area (Å²) in [5, 5.41) is 4.09. The molecule has 1 amide bonds. The molecule has 7 nitrogen and oxygen atoms in total. The van der Waals surface area contributed by atoms with Crippen LogP contribution in [0.5, 0.6) is 5.75 Å². The number of nitrogens with zero attached hydrogens (tertiary/aromatic N) is 1. The maximum Gasteiger partial charge on any atom is 0.326 e. The zero-order chi connectivity index (χ0) is 24.5. The van der Waals surface area contributed by atoms with Crippen molar-refractivity contribution in [1.29, 1.82) is 0 Å². The summed E-state index contributed by atoms with van der Waals surface area (Å²) in [5.41, 5.74) is 1.43. The summed E-state index contributed by atoms with van der Waals surface area (Å²) in [6, 6.07) is 16.1. The lowest BCUT2D eigenvalue weighted by Gasteiger charge is -2.22. The van der Waals surface area contributed by atoms with Gasteiger partial charge >= 0.3 is 10.2 Å². The van der Waals surface area contributed by atoms with Crippen LogP contribution < -0.4 is 19.1 Å². The van der Waals surface area contributed by atoms with Crippen molar-refractivity contribution in [3.05, 3.63) is 66.0 Å². The molecular weight excluding hydrogens is 457 g/mol. The molecule has 34 heavy (non-hydrogen) atoms. The third kappa shape index (κ3) is 5.25. The fourth-order valence-corrected chi connectivity index (χ4v) is 4.89. The summed E-state index contributed by atoms with van der Waals surface area (Å²) >= 11 is 0. The Balaban J connectivity index is 1.75. The number of hydrogen-bond donors (Lipinski definition) is 2. The fraction of sp³-hybridized carbons (Fsp3) is 0.320. The first-order valence-corrected chi connectivity index (χ1v) is 12.5. The lowest BCUT2D eigenvalue weighted by molar-refractivity contribution is -0.117. The van der Waals surface area contributed by atoms with Crippen LogP contribution in [0.25, 0.3) is 10.8 Å². The highest BCUT2D eigenvalue weighted by Crippen LogP contribution is 2.40.